The van der Waals surface area contributed by atoms with Crippen molar-refractivity contribution < 1.29 is 4.79 Å². The highest BCUT2D eigenvalue weighted by Crippen LogP contribution is 2.29. The van der Waals surface area contributed by atoms with Gasteiger partial charge in [0, 0.05) is 12.1 Å². The Kier molecular flexibility index (Phi) is 7.04. The number of carbonyl (C=O) groups is 1. The third-order valence-corrected chi connectivity index (χ3v) is 5.43. The molecule has 150 valence electrons. The normalized spacial score (nSPS) is 10.8. The molecule has 0 aliphatic heterocycles. The van der Waals surface area contributed by atoms with Gasteiger partial charge in [-0.2, -0.15) is 0 Å². The second-order valence-corrected chi connectivity index (χ2v) is 7.96. The maximum Gasteiger partial charge on any atom is 0.255 e. The number of aromatic nitrogens is 2. The molecule has 1 aromatic heterocycles. The first-order valence-electron chi connectivity index (χ1n) is 9.82. The van der Waals surface area contributed by atoms with Crippen molar-refractivity contribution in [2.24, 2.45) is 0 Å². The van der Waals surface area contributed by atoms with Crippen molar-refractivity contribution in [2.75, 3.05) is 12.8 Å². The van der Waals surface area contributed by atoms with Gasteiger partial charge < -0.3 is 5.32 Å². The summed E-state index contributed by atoms with van der Waals surface area (Å²) in [6.07, 6.45) is 3.77. The Labute approximate surface area is 177 Å². The number of hydrogen-bond donors (Lipinski definition) is 1. The Morgan fingerprint density at radius 3 is 2.48 bits per heavy atom. The van der Waals surface area contributed by atoms with Gasteiger partial charge in [-0.25, -0.2) is 9.97 Å². The third-order valence-electron chi connectivity index (χ3n) is 4.89. The van der Waals surface area contributed by atoms with Crippen LogP contribution in [-0.4, -0.2) is 28.7 Å². The highest BCUT2D eigenvalue weighted by Gasteiger charge is 2.20. The van der Waals surface area contributed by atoms with Crippen molar-refractivity contribution in [2.45, 2.75) is 38.8 Å². The van der Waals surface area contributed by atoms with Gasteiger partial charge in [0.15, 0.2) is 5.16 Å². The first-order valence-corrected chi connectivity index (χ1v) is 11.0. The lowest BCUT2D eigenvalue weighted by Gasteiger charge is -2.15. The molecule has 0 saturated heterocycles. The molecule has 3 rings (SSSR count). The van der Waals surface area contributed by atoms with E-state index in [1.54, 1.807) is 0 Å². The lowest BCUT2D eigenvalue weighted by molar-refractivity contribution is 0.0952. The zero-order valence-corrected chi connectivity index (χ0v) is 18.3. The van der Waals surface area contributed by atoms with Gasteiger partial charge in [0.2, 0.25) is 0 Å². The van der Waals surface area contributed by atoms with E-state index >= 15 is 0 Å². The van der Waals surface area contributed by atoms with Gasteiger partial charge in [-0.3, -0.25) is 4.79 Å². The zero-order chi connectivity index (χ0) is 20.8. The van der Waals surface area contributed by atoms with Crippen molar-refractivity contribution in [3.63, 3.8) is 0 Å². The molecule has 0 atom stereocenters. The second-order valence-electron chi connectivity index (χ2n) is 7.18. The molecule has 1 N–H and O–H groups in total. The number of rotatable bonds is 7. The molecule has 0 bridgehead atoms. The fourth-order valence-electron chi connectivity index (χ4n) is 3.41. The van der Waals surface area contributed by atoms with Gasteiger partial charge in [-0.1, -0.05) is 65.9 Å². The number of thioether (sulfide) groups is 1. The van der Waals surface area contributed by atoms with Crippen LogP contribution in [0.3, 0.4) is 0 Å². The summed E-state index contributed by atoms with van der Waals surface area (Å²) in [6, 6.07) is 16.5. The summed E-state index contributed by atoms with van der Waals surface area (Å²) in [6.45, 7) is 6.62. The largest absolute Gasteiger partial charge is 0.352 e. The van der Waals surface area contributed by atoms with E-state index in [0.717, 1.165) is 24.0 Å². The van der Waals surface area contributed by atoms with Crippen LogP contribution in [0.1, 0.15) is 39.2 Å². The van der Waals surface area contributed by atoms with E-state index in [-0.39, 0.29) is 5.91 Å². The number of amides is 1. The number of benzene rings is 2. The van der Waals surface area contributed by atoms with Crippen LogP contribution in [0.25, 0.3) is 11.3 Å². The molecule has 1 heterocycles. The van der Waals surface area contributed by atoms with Gasteiger partial charge in [-0.05, 0) is 51.0 Å². The summed E-state index contributed by atoms with van der Waals surface area (Å²) in [5.41, 5.74) is 6.53. The van der Waals surface area contributed by atoms with Crippen LogP contribution >= 0.6 is 11.8 Å². The minimum absolute atomic E-state index is 0.113. The van der Waals surface area contributed by atoms with E-state index in [2.05, 4.69) is 48.4 Å². The maximum absolute atomic E-state index is 13.1. The molecular formula is C24H27N3OS. The molecule has 1 amide bonds. The van der Waals surface area contributed by atoms with Crippen molar-refractivity contribution in [1.82, 2.24) is 15.3 Å². The van der Waals surface area contributed by atoms with Gasteiger partial charge in [0.25, 0.3) is 5.91 Å². The monoisotopic (exact) mass is 405 g/mol. The second kappa shape index (κ2) is 9.70. The average Bonchev–Trinajstić information content (AvgIpc) is 2.71. The van der Waals surface area contributed by atoms with Crippen LogP contribution in [-0.2, 0) is 6.42 Å². The first-order chi connectivity index (χ1) is 14.0. The molecule has 0 saturated carbocycles. The molecule has 3 aromatic rings. The third kappa shape index (κ3) is 5.24. The zero-order valence-electron chi connectivity index (χ0n) is 17.5. The fourth-order valence-corrected chi connectivity index (χ4v) is 3.82. The molecule has 0 spiro atoms. The van der Waals surface area contributed by atoms with Crippen LogP contribution in [0.4, 0.5) is 0 Å². The highest BCUT2D eigenvalue weighted by molar-refractivity contribution is 7.98. The molecule has 2 aromatic carbocycles. The predicted molar refractivity (Wildman–Crippen MR) is 121 cm³/mol. The summed E-state index contributed by atoms with van der Waals surface area (Å²) in [4.78, 5) is 22.3. The van der Waals surface area contributed by atoms with E-state index < -0.39 is 0 Å². The van der Waals surface area contributed by atoms with Gasteiger partial charge >= 0.3 is 0 Å². The summed E-state index contributed by atoms with van der Waals surface area (Å²) < 4.78 is 0. The molecule has 29 heavy (non-hydrogen) atoms. The van der Waals surface area contributed by atoms with Crippen LogP contribution < -0.4 is 5.32 Å². The number of nitrogens with one attached hydrogen (secondary N) is 1. The Morgan fingerprint density at radius 1 is 1.03 bits per heavy atom. The van der Waals surface area contributed by atoms with E-state index in [4.69, 9.17) is 4.98 Å². The fraction of sp³-hybridized carbons (Fsp3) is 0.292. The molecule has 0 unspecified atom stereocenters. The van der Waals surface area contributed by atoms with Crippen molar-refractivity contribution in [3.8, 4) is 11.3 Å². The topological polar surface area (TPSA) is 54.9 Å². The quantitative estimate of drug-likeness (QED) is 0.335. The standard InChI is InChI=1S/C24H27N3OS/c1-16-12-13-20(17(2)15-16)22-21(18(3)26-24(27-22)29-4)23(28)25-14-8-11-19-9-6-5-7-10-19/h5-7,9-10,12-13,15H,8,11,14H2,1-4H3,(H,25,28). The Morgan fingerprint density at radius 2 is 1.79 bits per heavy atom. The number of hydrogen-bond acceptors (Lipinski definition) is 4. The minimum Gasteiger partial charge on any atom is -0.352 e. The van der Waals surface area contributed by atoms with Gasteiger partial charge in [0.05, 0.1) is 17.0 Å². The first kappa shape index (κ1) is 21.1. The molecule has 4 nitrogen and oxygen atoms in total. The minimum atomic E-state index is -0.113. The summed E-state index contributed by atoms with van der Waals surface area (Å²) >= 11 is 1.49. The smallest absolute Gasteiger partial charge is 0.255 e. The molecule has 0 fully saturated rings. The van der Waals surface area contributed by atoms with E-state index in [1.807, 2.05) is 37.4 Å². The molecular weight excluding hydrogens is 378 g/mol. The maximum atomic E-state index is 13.1. The van der Waals surface area contributed by atoms with Gasteiger partial charge in [0.1, 0.15) is 0 Å². The van der Waals surface area contributed by atoms with Gasteiger partial charge in [-0.15, -0.1) is 0 Å². The summed E-state index contributed by atoms with van der Waals surface area (Å²) in [7, 11) is 0. The predicted octanol–water partition coefficient (Wildman–Crippen LogP) is 5.15. The summed E-state index contributed by atoms with van der Waals surface area (Å²) in [5.74, 6) is -0.113. The highest BCUT2D eigenvalue weighted by atomic mass is 32.2. The molecule has 5 heteroatoms. The van der Waals surface area contributed by atoms with Crippen molar-refractivity contribution >= 4 is 17.7 Å². The number of carbonyl (C=O) groups excluding carboxylic acids is 1. The summed E-state index contributed by atoms with van der Waals surface area (Å²) in [5, 5.41) is 3.74. The van der Waals surface area contributed by atoms with Crippen LogP contribution in [0.5, 0.6) is 0 Å². The van der Waals surface area contributed by atoms with E-state index in [9.17, 15) is 4.79 Å². The number of nitrogens with zero attached hydrogens (tertiary/aromatic N) is 2. The van der Waals surface area contributed by atoms with Crippen LogP contribution in [0.15, 0.2) is 53.7 Å². The number of aryl methyl sites for hydroxylation is 4. The van der Waals surface area contributed by atoms with E-state index in [0.29, 0.717) is 28.7 Å². The lowest BCUT2D eigenvalue weighted by atomic mass is 9.98. The SMILES string of the molecule is CSc1nc(C)c(C(=O)NCCCc2ccccc2)c(-c2ccc(C)cc2C)n1. The molecule has 0 aliphatic rings. The Hall–Kier alpha value is -2.66. The average molecular weight is 406 g/mol. The van der Waals surface area contributed by atoms with Crippen LogP contribution in [0.2, 0.25) is 0 Å². The Bertz CT molecular complexity index is 1000. The Balaban J connectivity index is 1.82. The van der Waals surface area contributed by atoms with Crippen LogP contribution in [0, 0.1) is 20.8 Å². The molecule has 0 radical (unpaired) electrons. The van der Waals surface area contributed by atoms with Crippen molar-refractivity contribution in [1.29, 1.82) is 0 Å². The lowest BCUT2D eigenvalue weighted by Crippen LogP contribution is -2.27. The van der Waals surface area contributed by atoms with Crippen molar-refractivity contribution in [3.05, 3.63) is 76.5 Å². The molecule has 0 aliphatic carbocycles. The van der Waals surface area contributed by atoms with E-state index in [1.165, 1.54) is 22.9 Å².